The normalized spacial score (nSPS) is 14.4. The van der Waals surface area contributed by atoms with Crippen molar-refractivity contribution in [2.24, 2.45) is 5.11 Å². The zero-order valence-electron chi connectivity index (χ0n) is 12.3. The highest BCUT2D eigenvalue weighted by molar-refractivity contribution is 9.09. The van der Waals surface area contributed by atoms with Gasteiger partial charge < -0.3 is 14.6 Å². The molecule has 0 saturated heterocycles. The molecule has 8 heteroatoms. The SMILES string of the molecule is COc1ccc(C[C@@H](N=[N+]=[N-])[C@H](OC(C)=O)[C@@H](O)CBr)cc1. The summed E-state index contributed by atoms with van der Waals surface area (Å²) in [6, 6.07) is 6.50. The van der Waals surface area contributed by atoms with Crippen LogP contribution in [0.2, 0.25) is 0 Å². The van der Waals surface area contributed by atoms with Crippen LogP contribution in [0.5, 0.6) is 5.75 Å². The fourth-order valence-electron chi connectivity index (χ4n) is 1.99. The van der Waals surface area contributed by atoms with Crippen LogP contribution >= 0.6 is 15.9 Å². The third-order valence-corrected chi connectivity index (χ3v) is 3.69. The summed E-state index contributed by atoms with van der Waals surface area (Å²) < 4.78 is 10.2. The number of halogens is 1. The van der Waals surface area contributed by atoms with E-state index in [-0.39, 0.29) is 5.33 Å². The van der Waals surface area contributed by atoms with Crippen molar-refractivity contribution in [3.63, 3.8) is 0 Å². The average Bonchev–Trinajstić information content (AvgIpc) is 2.52. The van der Waals surface area contributed by atoms with Gasteiger partial charge in [0.15, 0.2) is 0 Å². The Bertz CT molecular complexity index is 531. The number of benzene rings is 1. The monoisotopic (exact) mass is 371 g/mol. The lowest BCUT2D eigenvalue weighted by Gasteiger charge is -2.26. The predicted octanol–water partition coefficient (Wildman–Crippen LogP) is 2.60. The number of hydrogen-bond donors (Lipinski definition) is 1. The second kappa shape index (κ2) is 9.30. The number of carbonyl (C=O) groups is 1. The number of rotatable bonds is 8. The number of hydrogen-bond acceptors (Lipinski definition) is 5. The Morgan fingerprint density at radius 2 is 2.09 bits per heavy atom. The molecule has 0 aliphatic rings. The number of methoxy groups -OCH3 is 1. The fraction of sp³-hybridized carbons (Fsp3) is 0.500. The van der Waals surface area contributed by atoms with E-state index < -0.39 is 24.2 Å². The van der Waals surface area contributed by atoms with Crippen LogP contribution in [0, 0.1) is 0 Å². The molecule has 120 valence electrons. The highest BCUT2D eigenvalue weighted by Crippen LogP contribution is 2.19. The summed E-state index contributed by atoms with van der Waals surface area (Å²) in [4.78, 5) is 14.0. The maximum absolute atomic E-state index is 11.2. The number of aliphatic hydroxyl groups excluding tert-OH is 1. The number of aliphatic hydroxyl groups is 1. The minimum atomic E-state index is -0.974. The van der Waals surface area contributed by atoms with Gasteiger partial charge in [-0.3, -0.25) is 4.79 Å². The first-order valence-corrected chi connectivity index (χ1v) is 7.72. The van der Waals surface area contributed by atoms with Crippen LogP contribution in [0.25, 0.3) is 10.4 Å². The topological polar surface area (TPSA) is 105 Å². The highest BCUT2D eigenvalue weighted by Gasteiger charge is 2.30. The summed E-state index contributed by atoms with van der Waals surface area (Å²) in [6.45, 7) is 1.24. The Kier molecular flexibility index (Phi) is 7.73. The third-order valence-electron chi connectivity index (χ3n) is 3.02. The van der Waals surface area contributed by atoms with Crippen LogP contribution in [0.4, 0.5) is 0 Å². The molecule has 0 saturated carbocycles. The maximum atomic E-state index is 11.2. The number of nitrogens with zero attached hydrogens (tertiary/aromatic N) is 3. The summed E-state index contributed by atoms with van der Waals surface area (Å²) in [5, 5.41) is 13.9. The van der Waals surface area contributed by atoms with Crippen LogP contribution in [0.15, 0.2) is 29.4 Å². The highest BCUT2D eigenvalue weighted by atomic mass is 79.9. The van der Waals surface area contributed by atoms with Crippen LogP contribution in [0.1, 0.15) is 12.5 Å². The van der Waals surface area contributed by atoms with E-state index in [0.29, 0.717) is 12.2 Å². The van der Waals surface area contributed by atoms with E-state index in [0.717, 1.165) is 5.56 Å². The van der Waals surface area contributed by atoms with Crippen LogP contribution in [-0.2, 0) is 16.0 Å². The van der Waals surface area contributed by atoms with Crippen molar-refractivity contribution in [3.8, 4) is 5.75 Å². The maximum Gasteiger partial charge on any atom is 0.303 e. The summed E-state index contributed by atoms with van der Waals surface area (Å²) in [6.07, 6.45) is -1.57. The lowest BCUT2D eigenvalue weighted by atomic mass is 9.99. The number of esters is 1. The Morgan fingerprint density at radius 1 is 1.45 bits per heavy atom. The first kappa shape index (κ1) is 18.3. The molecule has 7 nitrogen and oxygen atoms in total. The van der Waals surface area contributed by atoms with Crippen molar-refractivity contribution < 1.29 is 19.4 Å². The van der Waals surface area contributed by atoms with Crippen LogP contribution in [0.3, 0.4) is 0 Å². The van der Waals surface area contributed by atoms with E-state index in [1.165, 1.54) is 6.92 Å². The predicted molar refractivity (Wildman–Crippen MR) is 85.0 cm³/mol. The van der Waals surface area contributed by atoms with Gasteiger partial charge in [-0.05, 0) is 29.6 Å². The zero-order valence-corrected chi connectivity index (χ0v) is 13.9. The first-order chi connectivity index (χ1) is 10.5. The fourth-order valence-corrected chi connectivity index (χ4v) is 2.35. The smallest absolute Gasteiger partial charge is 0.303 e. The minimum Gasteiger partial charge on any atom is -0.497 e. The molecule has 0 amide bonds. The molecule has 0 heterocycles. The molecule has 0 aliphatic carbocycles. The Hall–Kier alpha value is -1.76. The minimum absolute atomic E-state index is 0.199. The summed E-state index contributed by atoms with van der Waals surface area (Å²) in [5.74, 6) is 0.166. The van der Waals surface area contributed by atoms with Gasteiger partial charge in [0.1, 0.15) is 18.0 Å². The van der Waals surface area contributed by atoms with Gasteiger partial charge in [0.25, 0.3) is 0 Å². The first-order valence-electron chi connectivity index (χ1n) is 6.60. The molecular formula is C14H18BrN3O4. The molecule has 1 rings (SSSR count). The van der Waals surface area contributed by atoms with Crippen LogP contribution < -0.4 is 4.74 Å². The molecule has 0 unspecified atom stereocenters. The van der Waals surface area contributed by atoms with Gasteiger partial charge >= 0.3 is 5.97 Å². The average molecular weight is 372 g/mol. The van der Waals surface area contributed by atoms with Crippen molar-refractivity contribution in [3.05, 3.63) is 40.3 Å². The van der Waals surface area contributed by atoms with E-state index >= 15 is 0 Å². The van der Waals surface area contributed by atoms with E-state index in [1.807, 2.05) is 12.1 Å². The van der Waals surface area contributed by atoms with Crippen molar-refractivity contribution in [2.75, 3.05) is 12.4 Å². The Morgan fingerprint density at radius 3 is 2.55 bits per heavy atom. The summed E-state index contributed by atoms with van der Waals surface area (Å²) in [5.41, 5.74) is 9.61. The number of azide groups is 1. The molecular weight excluding hydrogens is 354 g/mol. The number of alkyl halides is 1. The summed E-state index contributed by atoms with van der Waals surface area (Å²) >= 11 is 3.14. The van der Waals surface area contributed by atoms with Crippen molar-refractivity contribution in [1.29, 1.82) is 0 Å². The number of carbonyl (C=O) groups excluding carboxylic acids is 1. The van der Waals surface area contributed by atoms with Gasteiger partial charge in [-0.15, -0.1) is 0 Å². The quantitative estimate of drug-likeness (QED) is 0.249. The Labute approximate surface area is 137 Å². The molecule has 0 aliphatic heterocycles. The van der Waals surface area contributed by atoms with Crippen molar-refractivity contribution in [2.45, 2.75) is 31.6 Å². The van der Waals surface area contributed by atoms with Gasteiger partial charge in [0, 0.05) is 17.2 Å². The van der Waals surface area contributed by atoms with E-state index in [9.17, 15) is 9.90 Å². The second-order valence-corrected chi connectivity index (χ2v) is 5.27. The summed E-state index contributed by atoms with van der Waals surface area (Å²) in [7, 11) is 1.57. The zero-order chi connectivity index (χ0) is 16.5. The molecule has 0 fully saturated rings. The lowest BCUT2D eigenvalue weighted by molar-refractivity contribution is -0.153. The van der Waals surface area contributed by atoms with Gasteiger partial charge in [0.05, 0.1) is 13.2 Å². The molecule has 0 radical (unpaired) electrons. The van der Waals surface area contributed by atoms with E-state index in [1.54, 1.807) is 19.2 Å². The lowest BCUT2D eigenvalue weighted by Crippen LogP contribution is -2.41. The van der Waals surface area contributed by atoms with Gasteiger partial charge in [-0.1, -0.05) is 33.2 Å². The molecule has 0 bridgehead atoms. The van der Waals surface area contributed by atoms with Crippen molar-refractivity contribution in [1.82, 2.24) is 0 Å². The number of ether oxygens (including phenoxy) is 2. The van der Waals surface area contributed by atoms with Crippen molar-refractivity contribution >= 4 is 21.9 Å². The largest absolute Gasteiger partial charge is 0.497 e. The third kappa shape index (κ3) is 5.55. The molecule has 1 aromatic rings. The second-order valence-electron chi connectivity index (χ2n) is 4.62. The van der Waals surface area contributed by atoms with Crippen LogP contribution in [-0.4, -0.2) is 41.8 Å². The Balaban J connectivity index is 2.96. The standard InChI is InChI=1S/C14H18BrN3O4/c1-9(19)22-14(13(20)8-15)12(17-18-16)7-10-3-5-11(21-2)6-4-10/h3-6,12-14,20H,7-8H2,1-2H3/t12-,13+,14+/m1/s1. The molecule has 3 atom stereocenters. The molecule has 1 N–H and O–H groups in total. The van der Waals surface area contributed by atoms with E-state index in [4.69, 9.17) is 15.0 Å². The molecule has 0 spiro atoms. The molecule has 1 aromatic carbocycles. The molecule has 0 aromatic heterocycles. The van der Waals surface area contributed by atoms with Gasteiger partial charge in [-0.2, -0.15) is 0 Å². The molecule has 22 heavy (non-hydrogen) atoms. The van der Waals surface area contributed by atoms with Gasteiger partial charge in [-0.25, -0.2) is 0 Å². The van der Waals surface area contributed by atoms with E-state index in [2.05, 4.69) is 26.0 Å². The van der Waals surface area contributed by atoms with Gasteiger partial charge in [0.2, 0.25) is 0 Å².